The van der Waals surface area contributed by atoms with Crippen LogP contribution < -0.4 is 0 Å². The predicted molar refractivity (Wildman–Crippen MR) is 81.5 cm³/mol. The molecule has 0 unspecified atom stereocenters. The summed E-state index contributed by atoms with van der Waals surface area (Å²) in [6.07, 6.45) is 3.09. The van der Waals surface area contributed by atoms with Crippen LogP contribution in [0, 0.1) is 12.8 Å². The second-order valence-corrected chi connectivity index (χ2v) is 6.67. The van der Waals surface area contributed by atoms with Crippen LogP contribution in [0.15, 0.2) is 29.2 Å². The molecule has 0 N–H and O–H groups in total. The van der Waals surface area contributed by atoms with Crippen LogP contribution in [0.2, 0.25) is 0 Å². The molecule has 0 saturated carbocycles. The molecule has 0 spiro atoms. The van der Waals surface area contributed by atoms with E-state index in [2.05, 4.69) is 38.1 Å². The molecule has 0 aromatic heterocycles. The summed E-state index contributed by atoms with van der Waals surface area (Å²) in [5, 5.41) is 0. The number of hydrogen-bond donors (Lipinski definition) is 0. The topological polar surface area (TPSA) is 20.3 Å². The van der Waals surface area contributed by atoms with Gasteiger partial charge in [0.05, 0.1) is 0 Å². The molecule has 1 amide bonds. The third-order valence-electron chi connectivity index (χ3n) is 3.62. The lowest BCUT2D eigenvalue weighted by atomic mass is 10.0. The largest absolute Gasteiger partial charge is 0.342 e. The van der Waals surface area contributed by atoms with E-state index in [-0.39, 0.29) is 0 Å². The Morgan fingerprint density at radius 2 is 2.11 bits per heavy atom. The molecular formula is C16H23NOS. The second kappa shape index (κ2) is 6.99. The fraction of sp³-hybridized carbons (Fsp3) is 0.562. The van der Waals surface area contributed by atoms with Crippen molar-refractivity contribution in [3.63, 3.8) is 0 Å². The molecule has 1 aliphatic heterocycles. The minimum Gasteiger partial charge on any atom is -0.342 e. The molecule has 0 aliphatic carbocycles. The van der Waals surface area contributed by atoms with E-state index in [0.717, 1.165) is 25.3 Å². The summed E-state index contributed by atoms with van der Waals surface area (Å²) in [5.41, 5.74) is 1.28. The van der Waals surface area contributed by atoms with Gasteiger partial charge in [0.25, 0.3) is 0 Å². The Morgan fingerprint density at radius 1 is 1.37 bits per heavy atom. The maximum atomic E-state index is 12.1. The second-order valence-electron chi connectivity index (χ2n) is 5.50. The Balaban J connectivity index is 1.73. The van der Waals surface area contributed by atoms with Crippen LogP contribution in [0.5, 0.6) is 0 Å². The van der Waals surface area contributed by atoms with Gasteiger partial charge in [-0.05, 0) is 37.8 Å². The zero-order valence-electron chi connectivity index (χ0n) is 11.9. The fourth-order valence-corrected chi connectivity index (χ4v) is 3.31. The quantitative estimate of drug-likeness (QED) is 0.782. The highest BCUT2D eigenvalue weighted by Gasteiger charge is 2.20. The van der Waals surface area contributed by atoms with Crippen molar-refractivity contribution in [3.05, 3.63) is 29.8 Å². The molecule has 1 atom stereocenters. The van der Waals surface area contributed by atoms with Crippen LogP contribution in [0.3, 0.4) is 0 Å². The van der Waals surface area contributed by atoms with E-state index in [1.165, 1.54) is 16.9 Å². The Bertz CT molecular complexity index is 415. The zero-order chi connectivity index (χ0) is 13.7. The van der Waals surface area contributed by atoms with E-state index in [0.29, 0.717) is 18.2 Å². The first-order valence-electron chi connectivity index (χ1n) is 7.12. The van der Waals surface area contributed by atoms with E-state index in [4.69, 9.17) is 0 Å². The molecule has 0 radical (unpaired) electrons. The third-order valence-corrected chi connectivity index (χ3v) is 4.63. The molecule has 19 heavy (non-hydrogen) atoms. The number of carbonyl (C=O) groups excluding carboxylic acids is 1. The molecule has 1 aromatic rings. The van der Waals surface area contributed by atoms with Crippen LogP contribution >= 0.6 is 11.8 Å². The summed E-state index contributed by atoms with van der Waals surface area (Å²) >= 11 is 1.77. The zero-order valence-corrected chi connectivity index (χ0v) is 12.7. The number of carbonyl (C=O) groups is 1. The molecule has 2 nitrogen and oxygen atoms in total. The number of piperidine rings is 1. The first-order chi connectivity index (χ1) is 9.15. The fourth-order valence-electron chi connectivity index (χ4n) is 2.46. The van der Waals surface area contributed by atoms with Gasteiger partial charge in [-0.1, -0.05) is 24.6 Å². The Morgan fingerprint density at radius 3 is 2.79 bits per heavy atom. The van der Waals surface area contributed by atoms with Crippen molar-refractivity contribution in [2.75, 3.05) is 18.8 Å². The average Bonchev–Trinajstić information content (AvgIpc) is 2.41. The highest BCUT2D eigenvalue weighted by atomic mass is 32.2. The standard InChI is InChI=1S/C16H23NOS/c1-13-5-7-15(8-6-13)19-11-9-16(18)17-10-3-4-14(2)12-17/h5-8,14H,3-4,9-12H2,1-2H3/t14-/m0/s1. The number of amides is 1. The number of nitrogens with zero attached hydrogens (tertiary/aromatic N) is 1. The van der Waals surface area contributed by atoms with Crippen LogP contribution in [0.4, 0.5) is 0 Å². The van der Waals surface area contributed by atoms with Crippen molar-refractivity contribution in [2.45, 2.75) is 38.0 Å². The highest BCUT2D eigenvalue weighted by molar-refractivity contribution is 7.99. The van der Waals surface area contributed by atoms with Gasteiger partial charge >= 0.3 is 0 Å². The summed E-state index contributed by atoms with van der Waals surface area (Å²) in [6.45, 7) is 6.24. The van der Waals surface area contributed by atoms with Crippen molar-refractivity contribution in [1.82, 2.24) is 4.90 Å². The Hall–Kier alpha value is -0.960. The lowest BCUT2D eigenvalue weighted by molar-refractivity contribution is -0.132. The van der Waals surface area contributed by atoms with E-state index in [9.17, 15) is 4.79 Å². The molecule has 1 heterocycles. The molecule has 2 rings (SSSR count). The molecule has 3 heteroatoms. The van der Waals surface area contributed by atoms with E-state index in [1.54, 1.807) is 11.8 Å². The van der Waals surface area contributed by atoms with Crippen molar-refractivity contribution >= 4 is 17.7 Å². The van der Waals surface area contributed by atoms with Crippen LogP contribution in [0.1, 0.15) is 31.7 Å². The molecular weight excluding hydrogens is 254 g/mol. The van der Waals surface area contributed by atoms with Crippen molar-refractivity contribution < 1.29 is 4.79 Å². The maximum Gasteiger partial charge on any atom is 0.223 e. The van der Waals surface area contributed by atoms with Crippen LogP contribution in [-0.2, 0) is 4.79 Å². The number of thioether (sulfide) groups is 1. The van der Waals surface area contributed by atoms with Gasteiger partial charge in [0.15, 0.2) is 0 Å². The van der Waals surface area contributed by atoms with Gasteiger partial charge in [0.1, 0.15) is 0 Å². The lowest BCUT2D eigenvalue weighted by Gasteiger charge is -2.31. The summed E-state index contributed by atoms with van der Waals surface area (Å²) in [7, 11) is 0. The summed E-state index contributed by atoms with van der Waals surface area (Å²) in [6, 6.07) is 8.51. The van der Waals surface area contributed by atoms with Crippen molar-refractivity contribution in [2.24, 2.45) is 5.92 Å². The smallest absolute Gasteiger partial charge is 0.223 e. The maximum absolute atomic E-state index is 12.1. The van der Waals surface area contributed by atoms with Crippen LogP contribution in [0.25, 0.3) is 0 Å². The van der Waals surface area contributed by atoms with E-state index in [1.807, 2.05) is 4.90 Å². The minimum atomic E-state index is 0.325. The number of aryl methyl sites for hydroxylation is 1. The normalized spacial score (nSPS) is 19.5. The molecule has 104 valence electrons. The number of benzene rings is 1. The molecule has 1 fully saturated rings. The molecule has 0 bridgehead atoms. The van der Waals surface area contributed by atoms with Crippen molar-refractivity contribution in [1.29, 1.82) is 0 Å². The first kappa shape index (κ1) is 14.4. The SMILES string of the molecule is Cc1ccc(SCCC(=O)N2CCC[C@H](C)C2)cc1. The number of rotatable bonds is 4. The van der Waals surface area contributed by atoms with E-state index < -0.39 is 0 Å². The van der Waals surface area contributed by atoms with Gasteiger partial charge in [0.2, 0.25) is 5.91 Å². The van der Waals surface area contributed by atoms with Gasteiger partial charge in [-0.15, -0.1) is 11.8 Å². The predicted octanol–water partition coefficient (Wildman–Crippen LogP) is 3.74. The lowest BCUT2D eigenvalue weighted by Crippen LogP contribution is -2.39. The molecule has 1 aliphatic rings. The van der Waals surface area contributed by atoms with Gasteiger partial charge in [-0.3, -0.25) is 4.79 Å². The van der Waals surface area contributed by atoms with E-state index >= 15 is 0 Å². The van der Waals surface area contributed by atoms with Gasteiger partial charge in [-0.2, -0.15) is 0 Å². The monoisotopic (exact) mass is 277 g/mol. The first-order valence-corrected chi connectivity index (χ1v) is 8.11. The summed E-state index contributed by atoms with van der Waals surface area (Å²) < 4.78 is 0. The average molecular weight is 277 g/mol. The van der Waals surface area contributed by atoms with Gasteiger partial charge in [-0.25, -0.2) is 0 Å². The summed E-state index contributed by atoms with van der Waals surface area (Å²) in [4.78, 5) is 15.4. The number of likely N-dealkylation sites (tertiary alicyclic amines) is 1. The number of hydrogen-bond acceptors (Lipinski definition) is 2. The minimum absolute atomic E-state index is 0.325. The van der Waals surface area contributed by atoms with Gasteiger partial charge < -0.3 is 4.90 Å². The van der Waals surface area contributed by atoms with Crippen LogP contribution in [-0.4, -0.2) is 29.6 Å². The summed E-state index contributed by atoms with van der Waals surface area (Å²) in [5.74, 6) is 1.88. The Labute approximate surface area is 120 Å². The highest BCUT2D eigenvalue weighted by Crippen LogP contribution is 2.21. The third kappa shape index (κ3) is 4.57. The van der Waals surface area contributed by atoms with Gasteiger partial charge in [0, 0.05) is 30.2 Å². The van der Waals surface area contributed by atoms with Crippen molar-refractivity contribution in [3.8, 4) is 0 Å². The molecule has 1 saturated heterocycles. The molecule has 1 aromatic carbocycles. The Kier molecular flexibility index (Phi) is 5.32.